The number of rotatable bonds is 2. The van der Waals surface area contributed by atoms with Gasteiger partial charge < -0.3 is 0 Å². The van der Waals surface area contributed by atoms with Gasteiger partial charge in [0.15, 0.2) is 0 Å². The van der Waals surface area contributed by atoms with Crippen molar-refractivity contribution >= 4 is 48.6 Å². The Morgan fingerprint density at radius 2 is 1.80 bits per heavy atom. The molecule has 0 fully saturated rings. The molecule has 0 N–H and O–H groups in total. The van der Waals surface area contributed by atoms with Crippen LogP contribution in [0.15, 0.2) is 58.0 Å². The second-order valence-corrected chi connectivity index (χ2v) is 7.07. The molecule has 0 spiro atoms. The van der Waals surface area contributed by atoms with Crippen LogP contribution in [0.5, 0.6) is 0 Å². The Hall–Kier alpha value is -1.37. The molecule has 0 aliphatic heterocycles. The van der Waals surface area contributed by atoms with Gasteiger partial charge in [-0.25, -0.2) is 17.4 Å². The summed E-state index contributed by atoms with van der Waals surface area (Å²) in [6.45, 7) is 0. The van der Waals surface area contributed by atoms with E-state index in [0.29, 0.717) is 20.8 Å². The Morgan fingerprint density at radius 1 is 1.10 bits per heavy atom. The van der Waals surface area contributed by atoms with Gasteiger partial charge in [0.2, 0.25) is 0 Å². The number of aromatic nitrogens is 2. The van der Waals surface area contributed by atoms with E-state index in [9.17, 15) is 8.42 Å². The number of pyridine rings is 1. The minimum atomic E-state index is -3.68. The van der Waals surface area contributed by atoms with Crippen molar-refractivity contribution in [2.75, 3.05) is 0 Å². The van der Waals surface area contributed by atoms with Gasteiger partial charge in [-0.05, 0) is 46.3 Å². The fourth-order valence-corrected chi connectivity index (χ4v) is 4.49. The summed E-state index contributed by atoms with van der Waals surface area (Å²) in [5.74, 6) is 0. The van der Waals surface area contributed by atoms with Gasteiger partial charge in [0.05, 0.1) is 15.9 Å². The fourth-order valence-electron chi connectivity index (χ4n) is 1.95. The van der Waals surface area contributed by atoms with Crippen molar-refractivity contribution in [2.45, 2.75) is 4.90 Å². The van der Waals surface area contributed by atoms with Crippen LogP contribution in [0.25, 0.3) is 11.0 Å². The van der Waals surface area contributed by atoms with Gasteiger partial charge in [-0.1, -0.05) is 29.8 Å². The van der Waals surface area contributed by atoms with E-state index in [0.717, 1.165) is 0 Å². The summed E-state index contributed by atoms with van der Waals surface area (Å²) in [5.41, 5.74) is 0.994. The molecule has 3 rings (SSSR count). The smallest absolute Gasteiger partial charge is 0.234 e. The van der Waals surface area contributed by atoms with E-state index in [1.807, 2.05) is 0 Å². The highest BCUT2D eigenvalue weighted by Gasteiger charge is 2.22. The van der Waals surface area contributed by atoms with Gasteiger partial charge in [-0.2, -0.15) is 0 Å². The minimum Gasteiger partial charge on any atom is -0.234 e. The largest absolute Gasteiger partial charge is 0.269 e. The quantitative estimate of drug-likeness (QED) is 0.646. The Kier molecular flexibility index (Phi) is 3.32. The predicted molar refractivity (Wildman–Crippen MR) is 81.5 cm³/mol. The van der Waals surface area contributed by atoms with Crippen LogP contribution in [0.3, 0.4) is 0 Å². The Balaban J connectivity index is 2.32. The number of fused-ring (bicyclic) bond motifs is 1. The highest BCUT2D eigenvalue weighted by molar-refractivity contribution is 9.10. The number of halogens is 2. The minimum absolute atomic E-state index is 0.216. The number of benzene rings is 1. The lowest BCUT2D eigenvalue weighted by molar-refractivity contribution is 0.588. The molecule has 3 aromatic rings. The molecule has 0 bridgehead atoms. The first-order chi connectivity index (χ1) is 9.50. The van der Waals surface area contributed by atoms with Crippen molar-refractivity contribution < 1.29 is 8.42 Å². The van der Waals surface area contributed by atoms with Crippen molar-refractivity contribution in [3.63, 3.8) is 0 Å². The number of hydrogen-bond donors (Lipinski definition) is 0. The maximum absolute atomic E-state index is 12.7. The topological polar surface area (TPSA) is 52.0 Å². The summed E-state index contributed by atoms with van der Waals surface area (Å²) in [5, 5.41) is 0.319. The highest BCUT2D eigenvalue weighted by atomic mass is 79.9. The van der Waals surface area contributed by atoms with Gasteiger partial charge >= 0.3 is 0 Å². The summed E-state index contributed by atoms with van der Waals surface area (Å²) in [6, 6.07) is 13.1. The maximum Gasteiger partial charge on any atom is 0.269 e. The standard InChI is InChI=1S/C13H8BrClN2O2S/c14-12-8-10-11(6-7-13(15)16-10)17(12)20(18,19)9-4-2-1-3-5-9/h1-8H. The molecule has 2 heterocycles. The van der Waals surface area contributed by atoms with E-state index in [4.69, 9.17) is 11.6 Å². The van der Waals surface area contributed by atoms with E-state index in [1.54, 1.807) is 48.5 Å². The first-order valence-corrected chi connectivity index (χ1v) is 8.25. The summed E-state index contributed by atoms with van der Waals surface area (Å²) in [7, 11) is -3.68. The molecule has 2 aromatic heterocycles. The van der Waals surface area contributed by atoms with Gasteiger partial charge in [-0.15, -0.1) is 0 Å². The van der Waals surface area contributed by atoms with E-state index < -0.39 is 10.0 Å². The van der Waals surface area contributed by atoms with Gasteiger partial charge in [-0.3, -0.25) is 0 Å². The van der Waals surface area contributed by atoms with Crippen LogP contribution in [-0.2, 0) is 10.0 Å². The molecular weight excluding hydrogens is 364 g/mol. The zero-order chi connectivity index (χ0) is 14.3. The Morgan fingerprint density at radius 3 is 2.50 bits per heavy atom. The van der Waals surface area contributed by atoms with Crippen LogP contribution in [0.2, 0.25) is 5.15 Å². The molecule has 0 amide bonds. The van der Waals surface area contributed by atoms with Crippen molar-refractivity contribution in [1.29, 1.82) is 0 Å². The van der Waals surface area contributed by atoms with Gasteiger partial charge in [0, 0.05) is 0 Å². The van der Waals surface area contributed by atoms with Crippen LogP contribution in [0.4, 0.5) is 0 Å². The van der Waals surface area contributed by atoms with Crippen LogP contribution < -0.4 is 0 Å². The maximum atomic E-state index is 12.7. The van der Waals surface area contributed by atoms with Crippen LogP contribution in [-0.4, -0.2) is 17.4 Å². The number of nitrogens with zero attached hydrogens (tertiary/aromatic N) is 2. The normalized spacial score (nSPS) is 11.9. The third-order valence-corrected chi connectivity index (χ3v) is 5.59. The molecule has 7 heteroatoms. The molecule has 0 atom stereocenters. The fraction of sp³-hybridized carbons (Fsp3) is 0. The summed E-state index contributed by atoms with van der Waals surface area (Å²) >= 11 is 9.09. The molecule has 102 valence electrons. The summed E-state index contributed by atoms with van der Waals surface area (Å²) in [6.07, 6.45) is 0. The second-order valence-electron chi connectivity index (χ2n) is 4.09. The van der Waals surface area contributed by atoms with Crippen molar-refractivity contribution in [1.82, 2.24) is 8.96 Å². The van der Waals surface area contributed by atoms with Crippen LogP contribution in [0.1, 0.15) is 0 Å². The molecule has 0 saturated carbocycles. The lowest BCUT2D eigenvalue weighted by Gasteiger charge is -2.08. The van der Waals surface area contributed by atoms with Gasteiger partial charge in [0.1, 0.15) is 9.76 Å². The molecule has 1 aromatic carbocycles. The molecule has 4 nitrogen and oxygen atoms in total. The van der Waals surface area contributed by atoms with Crippen LogP contribution >= 0.6 is 27.5 Å². The molecule has 0 saturated heterocycles. The molecule has 0 unspecified atom stereocenters. The number of hydrogen-bond acceptors (Lipinski definition) is 3. The first-order valence-electron chi connectivity index (χ1n) is 5.64. The van der Waals surface area contributed by atoms with Crippen molar-refractivity contribution in [2.24, 2.45) is 0 Å². The summed E-state index contributed by atoms with van der Waals surface area (Å²) < 4.78 is 27.0. The molecule has 0 radical (unpaired) electrons. The van der Waals surface area contributed by atoms with Crippen molar-refractivity contribution in [3.05, 3.63) is 58.3 Å². The van der Waals surface area contributed by atoms with Gasteiger partial charge in [0.25, 0.3) is 10.0 Å². The SMILES string of the molecule is O=S(=O)(c1ccccc1)n1c(Br)cc2nc(Cl)ccc21. The third-order valence-electron chi connectivity index (χ3n) is 2.82. The Labute approximate surface area is 129 Å². The van der Waals surface area contributed by atoms with E-state index in [2.05, 4.69) is 20.9 Å². The van der Waals surface area contributed by atoms with Crippen LogP contribution in [0, 0.1) is 0 Å². The molecule has 0 aliphatic carbocycles. The highest BCUT2D eigenvalue weighted by Crippen LogP contribution is 2.28. The van der Waals surface area contributed by atoms with Crippen molar-refractivity contribution in [3.8, 4) is 0 Å². The van der Waals surface area contributed by atoms with E-state index in [-0.39, 0.29) is 4.90 Å². The predicted octanol–water partition coefficient (Wildman–Crippen LogP) is 3.69. The lowest BCUT2D eigenvalue weighted by Crippen LogP contribution is -2.12. The third kappa shape index (κ3) is 2.13. The zero-order valence-electron chi connectivity index (χ0n) is 9.99. The zero-order valence-corrected chi connectivity index (χ0v) is 13.2. The Bertz CT molecular complexity index is 891. The second kappa shape index (κ2) is 4.87. The van der Waals surface area contributed by atoms with E-state index >= 15 is 0 Å². The average Bonchev–Trinajstić information content (AvgIpc) is 2.75. The summed E-state index contributed by atoms with van der Waals surface area (Å²) in [4.78, 5) is 4.33. The molecule has 20 heavy (non-hydrogen) atoms. The average molecular weight is 372 g/mol. The lowest BCUT2D eigenvalue weighted by atomic mass is 10.4. The molecule has 0 aliphatic rings. The first kappa shape index (κ1) is 13.6. The molecular formula is C13H8BrClN2O2S. The van der Waals surface area contributed by atoms with E-state index in [1.165, 1.54) is 3.97 Å². The monoisotopic (exact) mass is 370 g/mol.